The van der Waals surface area contributed by atoms with Gasteiger partial charge in [0.1, 0.15) is 0 Å². The molecule has 0 amide bonds. The summed E-state index contributed by atoms with van der Waals surface area (Å²) < 4.78 is 39.8. The number of ether oxygens (including phenoxy) is 1. The third-order valence-corrected chi connectivity index (χ3v) is 2.05. The Hall–Kier alpha value is -1.83. The highest BCUT2D eigenvalue weighted by molar-refractivity contribution is 5.87. The van der Waals surface area contributed by atoms with Gasteiger partial charge in [-0.2, -0.15) is 0 Å². The molecule has 0 bridgehead atoms. The number of nitrogens with two attached hydrogens (primary N) is 1. The zero-order valence-corrected chi connectivity index (χ0v) is 8.71. The van der Waals surface area contributed by atoms with Gasteiger partial charge < -0.3 is 15.6 Å². The van der Waals surface area contributed by atoms with E-state index in [2.05, 4.69) is 9.72 Å². The van der Waals surface area contributed by atoms with E-state index in [1.54, 1.807) is 0 Å². The molecule has 0 unspecified atom stereocenters. The second-order valence-electron chi connectivity index (χ2n) is 3.13. The van der Waals surface area contributed by atoms with Crippen LogP contribution >= 0.6 is 0 Å². The molecule has 1 aromatic rings. The lowest BCUT2D eigenvalue weighted by Crippen LogP contribution is -2.20. The van der Waals surface area contributed by atoms with Crippen molar-refractivity contribution in [3.63, 3.8) is 0 Å². The van der Waals surface area contributed by atoms with Crippen LogP contribution in [0.1, 0.15) is 21.6 Å². The van der Waals surface area contributed by atoms with Crippen molar-refractivity contribution < 1.29 is 27.8 Å². The van der Waals surface area contributed by atoms with Gasteiger partial charge in [-0.3, -0.25) is 0 Å². The summed E-state index contributed by atoms with van der Waals surface area (Å²) in [4.78, 5) is 14.1. The molecule has 0 saturated carbocycles. The van der Waals surface area contributed by atoms with Crippen LogP contribution in [0.5, 0.6) is 5.75 Å². The first-order chi connectivity index (χ1) is 7.76. The van der Waals surface area contributed by atoms with Gasteiger partial charge >= 0.3 is 12.3 Å². The summed E-state index contributed by atoms with van der Waals surface area (Å²) in [6.45, 7) is 1.04. The lowest BCUT2D eigenvalue weighted by atomic mass is 10.1. The van der Waals surface area contributed by atoms with E-state index < -0.39 is 18.1 Å². The molecule has 94 valence electrons. The SMILES string of the molecule is Cc1c(C(=O)O)ncc(OC(F)(F)F)c1CN. The lowest BCUT2D eigenvalue weighted by Gasteiger charge is -2.14. The van der Waals surface area contributed by atoms with Crippen LogP contribution in [-0.2, 0) is 6.54 Å². The van der Waals surface area contributed by atoms with Crippen molar-refractivity contribution in [3.8, 4) is 5.75 Å². The van der Waals surface area contributed by atoms with Crippen LogP contribution in [0.15, 0.2) is 6.20 Å². The Kier molecular flexibility index (Phi) is 3.56. The van der Waals surface area contributed by atoms with Crippen molar-refractivity contribution >= 4 is 5.97 Å². The van der Waals surface area contributed by atoms with Crippen molar-refractivity contribution in [1.29, 1.82) is 0 Å². The fraction of sp³-hybridized carbons (Fsp3) is 0.333. The summed E-state index contributed by atoms with van der Waals surface area (Å²) in [7, 11) is 0. The van der Waals surface area contributed by atoms with Crippen molar-refractivity contribution in [1.82, 2.24) is 4.98 Å². The van der Waals surface area contributed by atoms with Gasteiger partial charge in [0.2, 0.25) is 0 Å². The van der Waals surface area contributed by atoms with Gasteiger partial charge in [-0.05, 0) is 12.5 Å². The van der Waals surface area contributed by atoms with Crippen LogP contribution in [0, 0.1) is 6.92 Å². The number of carboxylic acids is 1. The molecule has 0 aliphatic rings. The van der Waals surface area contributed by atoms with Crippen molar-refractivity contribution in [2.24, 2.45) is 5.73 Å². The van der Waals surface area contributed by atoms with E-state index >= 15 is 0 Å². The monoisotopic (exact) mass is 250 g/mol. The van der Waals surface area contributed by atoms with Gasteiger partial charge in [0, 0.05) is 12.1 Å². The first kappa shape index (κ1) is 13.2. The predicted molar refractivity (Wildman–Crippen MR) is 50.5 cm³/mol. The normalized spacial score (nSPS) is 11.4. The molecule has 17 heavy (non-hydrogen) atoms. The molecule has 0 saturated heterocycles. The summed E-state index contributed by atoms with van der Waals surface area (Å²) in [5.74, 6) is -1.92. The fourth-order valence-electron chi connectivity index (χ4n) is 1.31. The molecule has 1 aromatic heterocycles. The highest BCUT2D eigenvalue weighted by Gasteiger charge is 2.33. The van der Waals surface area contributed by atoms with E-state index in [9.17, 15) is 18.0 Å². The minimum absolute atomic E-state index is 0.0327. The zero-order chi connectivity index (χ0) is 13.2. The van der Waals surface area contributed by atoms with Crippen LogP contribution in [0.25, 0.3) is 0 Å². The number of hydrogen-bond donors (Lipinski definition) is 2. The molecule has 5 nitrogen and oxygen atoms in total. The van der Waals surface area contributed by atoms with Crippen LogP contribution in [0.3, 0.4) is 0 Å². The van der Waals surface area contributed by atoms with Crippen LogP contribution in [-0.4, -0.2) is 22.4 Å². The summed E-state index contributed by atoms with van der Waals surface area (Å²) >= 11 is 0. The third-order valence-electron chi connectivity index (χ3n) is 2.05. The summed E-state index contributed by atoms with van der Waals surface area (Å²) in [5, 5.41) is 8.74. The molecule has 3 N–H and O–H groups in total. The van der Waals surface area contributed by atoms with Crippen molar-refractivity contribution in [3.05, 3.63) is 23.0 Å². The maximum Gasteiger partial charge on any atom is 0.573 e. The van der Waals surface area contributed by atoms with E-state index in [0.717, 1.165) is 0 Å². The lowest BCUT2D eigenvalue weighted by molar-refractivity contribution is -0.275. The topological polar surface area (TPSA) is 85.4 Å². The van der Waals surface area contributed by atoms with Gasteiger partial charge in [-0.25, -0.2) is 9.78 Å². The number of alkyl halides is 3. The smallest absolute Gasteiger partial charge is 0.477 e. The molecule has 0 aliphatic carbocycles. The molecule has 0 aliphatic heterocycles. The second kappa shape index (κ2) is 4.58. The summed E-state index contributed by atoms with van der Waals surface area (Å²) in [6.07, 6.45) is -4.17. The first-order valence-corrected chi connectivity index (χ1v) is 4.44. The molecule has 0 aromatic carbocycles. The molecule has 0 radical (unpaired) electrons. The number of aromatic carboxylic acids is 1. The quantitative estimate of drug-likeness (QED) is 0.847. The molecule has 1 rings (SSSR count). The minimum atomic E-state index is -4.87. The number of pyridine rings is 1. The van der Waals surface area contributed by atoms with Crippen molar-refractivity contribution in [2.75, 3.05) is 0 Å². The van der Waals surface area contributed by atoms with E-state index in [-0.39, 0.29) is 23.4 Å². The van der Waals surface area contributed by atoms with Gasteiger partial charge in [-0.1, -0.05) is 0 Å². The average molecular weight is 250 g/mol. The fourth-order valence-corrected chi connectivity index (χ4v) is 1.31. The Balaban J connectivity index is 3.26. The van der Waals surface area contributed by atoms with Gasteiger partial charge in [-0.15, -0.1) is 13.2 Å². The molecular weight excluding hydrogens is 241 g/mol. The Bertz CT molecular complexity index is 446. The Morgan fingerprint density at radius 2 is 2.18 bits per heavy atom. The zero-order valence-electron chi connectivity index (χ0n) is 8.71. The highest BCUT2D eigenvalue weighted by Crippen LogP contribution is 2.28. The Labute approximate surface area is 94.0 Å². The van der Waals surface area contributed by atoms with E-state index in [1.165, 1.54) is 6.92 Å². The molecular formula is C9H9F3N2O3. The molecule has 0 spiro atoms. The standard InChI is InChI=1S/C9H9F3N2O3/c1-4-5(2-13)6(17-9(10,11)12)3-14-7(4)8(15)16/h3H,2,13H2,1H3,(H,15,16). The summed E-state index contributed by atoms with van der Waals surface area (Å²) in [6, 6.07) is 0. The molecule has 1 heterocycles. The molecule has 0 atom stereocenters. The van der Waals surface area contributed by atoms with Crippen LogP contribution in [0.2, 0.25) is 0 Å². The number of halogens is 3. The Morgan fingerprint density at radius 1 is 1.59 bits per heavy atom. The molecule has 0 fully saturated rings. The van der Waals surface area contributed by atoms with Gasteiger partial charge in [0.25, 0.3) is 0 Å². The minimum Gasteiger partial charge on any atom is -0.477 e. The number of carbonyl (C=O) groups is 1. The first-order valence-electron chi connectivity index (χ1n) is 4.44. The van der Waals surface area contributed by atoms with Crippen LogP contribution < -0.4 is 10.5 Å². The second-order valence-corrected chi connectivity index (χ2v) is 3.13. The third kappa shape index (κ3) is 3.06. The maximum atomic E-state index is 12.0. The number of hydrogen-bond acceptors (Lipinski definition) is 4. The number of rotatable bonds is 3. The maximum absolute atomic E-state index is 12.0. The van der Waals surface area contributed by atoms with E-state index in [0.29, 0.717) is 6.20 Å². The van der Waals surface area contributed by atoms with Crippen LogP contribution in [0.4, 0.5) is 13.2 Å². The average Bonchev–Trinajstić information content (AvgIpc) is 2.15. The number of nitrogens with zero attached hydrogens (tertiary/aromatic N) is 1. The predicted octanol–water partition coefficient (Wildman–Crippen LogP) is 1.45. The van der Waals surface area contributed by atoms with Gasteiger partial charge in [0.05, 0.1) is 6.20 Å². The van der Waals surface area contributed by atoms with Crippen molar-refractivity contribution in [2.45, 2.75) is 19.8 Å². The highest BCUT2D eigenvalue weighted by atomic mass is 19.4. The Morgan fingerprint density at radius 3 is 2.59 bits per heavy atom. The largest absolute Gasteiger partial charge is 0.573 e. The summed E-state index contributed by atoms with van der Waals surface area (Å²) in [5.41, 5.74) is 4.95. The van der Waals surface area contributed by atoms with E-state index in [4.69, 9.17) is 10.8 Å². The van der Waals surface area contributed by atoms with Gasteiger partial charge in [0.15, 0.2) is 11.4 Å². The molecule has 8 heteroatoms. The number of aromatic nitrogens is 1. The van der Waals surface area contributed by atoms with E-state index in [1.807, 2.05) is 0 Å². The number of carboxylic acid groups (broad SMARTS) is 1.